The third kappa shape index (κ3) is 1.76. The lowest BCUT2D eigenvalue weighted by Gasteiger charge is -2.47. The quantitative estimate of drug-likeness (QED) is 0.742. The number of rotatable bonds is 5. The van der Waals surface area contributed by atoms with Gasteiger partial charge in [-0.15, -0.1) is 10.0 Å². The maximum absolute atomic E-state index is 11.6. The normalized spacial score (nSPS) is 39.7. The SMILES string of the molecule is CC(OC=O)C1(S2(C=O)C=CC(O)=C2)CCCN1. The van der Waals surface area contributed by atoms with Crippen molar-refractivity contribution in [3.63, 3.8) is 0 Å². The van der Waals surface area contributed by atoms with E-state index in [2.05, 4.69) is 5.32 Å². The zero-order valence-corrected chi connectivity index (χ0v) is 11.0. The van der Waals surface area contributed by atoms with Gasteiger partial charge in [0.15, 0.2) is 5.62 Å². The molecule has 0 aromatic heterocycles. The largest absolute Gasteiger partial charge is 0.507 e. The van der Waals surface area contributed by atoms with E-state index in [-0.39, 0.29) is 5.76 Å². The minimum absolute atomic E-state index is 0.100. The van der Waals surface area contributed by atoms with Gasteiger partial charge in [-0.3, -0.25) is 9.59 Å². The minimum atomic E-state index is -1.98. The predicted molar refractivity (Wildman–Crippen MR) is 70.8 cm³/mol. The molecule has 2 aliphatic heterocycles. The lowest BCUT2D eigenvalue weighted by Crippen LogP contribution is -2.52. The van der Waals surface area contributed by atoms with Crippen LogP contribution in [0.5, 0.6) is 0 Å². The van der Waals surface area contributed by atoms with Crippen LogP contribution in [0.3, 0.4) is 0 Å². The number of carbonyl (C=O) groups excluding carboxylic acids is 2. The predicted octanol–water partition coefficient (Wildman–Crippen LogP) is 1.55. The van der Waals surface area contributed by atoms with Crippen molar-refractivity contribution in [2.24, 2.45) is 0 Å². The summed E-state index contributed by atoms with van der Waals surface area (Å²) < 4.78 is 5.08. The molecule has 18 heavy (non-hydrogen) atoms. The van der Waals surface area contributed by atoms with Crippen molar-refractivity contribution >= 4 is 22.1 Å². The maximum Gasteiger partial charge on any atom is 0.293 e. The number of hydrogen-bond donors (Lipinski definition) is 2. The highest BCUT2D eigenvalue weighted by atomic mass is 32.3. The van der Waals surface area contributed by atoms with Crippen LogP contribution in [0.25, 0.3) is 0 Å². The van der Waals surface area contributed by atoms with Crippen LogP contribution in [0.2, 0.25) is 0 Å². The Kier molecular flexibility index (Phi) is 3.49. The Morgan fingerprint density at radius 1 is 1.61 bits per heavy atom. The molecule has 1 saturated heterocycles. The van der Waals surface area contributed by atoms with E-state index in [1.807, 2.05) is 0 Å². The monoisotopic (exact) mass is 271 g/mol. The van der Waals surface area contributed by atoms with Crippen molar-refractivity contribution in [2.45, 2.75) is 30.7 Å². The molecular weight excluding hydrogens is 254 g/mol. The second-order valence-electron chi connectivity index (χ2n) is 4.50. The van der Waals surface area contributed by atoms with Crippen LogP contribution in [0.4, 0.5) is 0 Å². The average Bonchev–Trinajstić information content (AvgIpc) is 2.97. The molecule has 2 rings (SSSR count). The smallest absolute Gasteiger partial charge is 0.293 e. The zero-order valence-electron chi connectivity index (χ0n) is 10.2. The molecule has 3 atom stereocenters. The van der Waals surface area contributed by atoms with E-state index < -0.39 is 21.0 Å². The van der Waals surface area contributed by atoms with Crippen molar-refractivity contribution in [1.29, 1.82) is 0 Å². The summed E-state index contributed by atoms with van der Waals surface area (Å²) in [6.07, 6.45) is 2.77. The van der Waals surface area contributed by atoms with Gasteiger partial charge >= 0.3 is 0 Å². The van der Waals surface area contributed by atoms with Crippen LogP contribution in [0.15, 0.2) is 22.7 Å². The van der Waals surface area contributed by atoms with E-state index in [0.717, 1.165) is 25.0 Å². The molecule has 6 heteroatoms. The van der Waals surface area contributed by atoms with Gasteiger partial charge in [-0.2, -0.15) is 0 Å². The number of aliphatic hydroxyl groups is 1. The van der Waals surface area contributed by atoms with Gasteiger partial charge in [0.1, 0.15) is 11.9 Å². The third-order valence-electron chi connectivity index (χ3n) is 3.64. The van der Waals surface area contributed by atoms with E-state index >= 15 is 0 Å². The summed E-state index contributed by atoms with van der Waals surface area (Å²) in [7, 11) is -1.98. The van der Waals surface area contributed by atoms with Gasteiger partial charge in [-0.1, -0.05) is 0 Å². The number of carbonyl (C=O) groups is 2. The number of hydrogen-bond acceptors (Lipinski definition) is 5. The fourth-order valence-corrected chi connectivity index (χ4v) is 5.85. The van der Waals surface area contributed by atoms with Crippen molar-refractivity contribution < 1.29 is 19.4 Å². The highest BCUT2D eigenvalue weighted by Crippen LogP contribution is 2.65. The first kappa shape index (κ1) is 13.2. The first-order valence-corrected chi connectivity index (χ1v) is 7.63. The molecule has 5 nitrogen and oxygen atoms in total. The number of allylic oxidation sites excluding steroid dienone is 1. The first-order valence-electron chi connectivity index (χ1n) is 5.81. The van der Waals surface area contributed by atoms with E-state index in [4.69, 9.17) is 4.74 Å². The number of ether oxygens (including phenoxy) is 1. The number of nitrogens with one attached hydrogen (secondary N) is 1. The highest BCUT2D eigenvalue weighted by molar-refractivity contribution is 8.49. The fraction of sp³-hybridized carbons (Fsp3) is 0.500. The van der Waals surface area contributed by atoms with Gasteiger partial charge in [0.2, 0.25) is 0 Å². The average molecular weight is 271 g/mol. The molecule has 0 bridgehead atoms. The molecule has 0 aromatic carbocycles. The standard InChI is InChI=1S/C12H17NO4S/c1-10(17-8-14)12(4-2-5-13-12)18(9-15)6-3-11(16)7-18/h3,6-10,13,16H,2,4-5H2,1H3. The summed E-state index contributed by atoms with van der Waals surface area (Å²) in [6.45, 7) is 2.96. The van der Waals surface area contributed by atoms with E-state index in [0.29, 0.717) is 6.47 Å². The van der Waals surface area contributed by atoms with Crippen LogP contribution in [-0.4, -0.2) is 34.7 Å². The van der Waals surface area contributed by atoms with Crippen LogP contribution in [0, 0.1) is 0 Å². The lowest BCUT2D eigenvalue weighted by molar-refractivity contribution is -0.134. The Bertz CT molecular complexity index is 414. The van der Waals surface area contributed by atoms with E-state index in [1.54, 1.807) is 23.8 Å². The fourth-order valence-electron chi connectivity index (χ4n) is 2.70. The zero-order chi connectivity index (χ0) is 13.2. The van der Waals surface area contributed by atoms with Gasteiger partial charge < -0.3 is 15.2 Å². The van der Waals surface area contributed by atoms with Crippen molar-refractivity contribution in [2.75, 3.05) is 6.54 Å². The summed E-state index contributed by atoms with van der Waals surface area (Å²) in [5, 5.41) is 16.3. The van der Waals surface area contributed by atoms with Crippen LogP contribution in [-0.2, 0) is 14.3 Å². The highest BCUT2D eigenvalue weighted by Gasteiger charge is 2.53. The van der Waals surface area contributed by atoms with E-state index in [9.17, 15) is 14.7 Å². The Labute approximate surface area is 107 Å². The Morgan fingerprint density at radius 2 is 2.39 bits per heavy atom. The summed E-state index contributed by atoms with van der Waals surface area (Å²) in [5.41, 5.74) is 0.885. The summed E-state index contributed by atoms with van der Waals surface area (Å²) in [6, 6.07) is 0. The molecule has 0 spiro atoms. The molecule has 0 aromatic rings. The Morgan fingerprint density at radius 3 is 2.83 bits per heavy atom. The Hall–Kier alpha value is -1.27. The van der Waals surface area contributed by atoms with Crippen molar-refractivity contribution in [1.82, 2.24) is 5.32 Å². The van der Waals surface area contributed by atoms with Gasteiger partial charge in [0, 0.05) is 5.41 Å². The second kappa shape index (κ2) is 4.78. The minimum Gasteiger partial charge on any atom is -0.507 e. The van der Waals surface area contributed by atoms with Crippen LogP contribution in [0.1, 0.15) is 19.8 Å². The molecule has 0 amide bonds. The molecule has 1 fully saturated rings. The second-order valence-corrected chi connectivity index (χ2v) is 7.45. The molecule has 3 unspecified atom stereocenters. The summed E-state index contributed by atoms with van der Waals surface area (Å²) in [4.78, 5) is 21.6. The molecule has 0 radical (unpaired) electrons. The topological polar surface area (TPSA) is 75.6 Å². The van der Waals surface area contributed by atoms with Crippen LogP contribution < -0.4 is 5.32 Å². The maximum atomic E-state index is 11.6. The van der Waals surface area contributed by atoms with Gasteiger partial charge in [0.25, 0.3) is 6.47 Å². The van der Waals surface area contributed by atoms with Gasteiger partial charge in [0.05, 0.1) is 4.87 Å². The van der Waals surface area contributed by atoms with Crippen molar-refractivity contribution in [3.8, 4) is 0 Å². The molecule has 2 N–H and O–H groups in total. The lowest BCUT2D eigenvalue weighted by atomic mass is 10.1. The number of aliphatic hydroxyl groups excluding tert-OH is 1. The van der Waals surface area contributed by atoms with Gasteiger partial charge in [-0.25, -0.2) is 0 Å². The third-order valence-corrected chi connectivity index (χ3v) is 7.11. The first-order chi connectivity index (χ1) is 8.60. The molecule has 2 heterocycles. The molecule has 2 aliphatic rings. The molecular formula is C12H17NO4S. The molecule has 0 saturated carbocycles. The summed E-state index contributed by atoms with van der Waals surface area (Å²) in [5.74, 6) is 0.100. The van der Waals surface area contributed by atoms with Crippen molar-refractivity contribution in [3.05, 3.63) is 22.7 Å². The molecule has 100 valence electrons. The Balaban J connectivity index is 2.44. The van der Waals surface area contributed by atoms with Gasteiger partial charge in [-0.05, 0) is 37.8 Å². The summed E-state index contributed by atoms with van der Waals surface area (Å²) >= 11 is 0. The van der Waals surface area contributed by atoms with Crippen LogP contribution >= 0.6 is 10.0 Å². The molecule has 0 aliphatic carbocycles. The van der Waals surface area contributed by atoms with E-state index in [1.165, 1.54) is 0 Å².